The van der Waals surface area contributed by atoms with Crippen molar-refractivity contribution in [3.63, 3.8) is 0 Å². The average molecular weight is 922 g/mol. The Balaban J connectivity index is 0.000000240. The summed E-state index contributed by atoms with van der Waals surface area (Å²) in [5, 5.41) is 17.6. The first kappa shape index (κ1) is 50.6. The second-order valence-electron chi connectivity index (χ2n) is 13.8. The highest BCUT2D eigenvalue weighted by Gasteiger charge is 2.18. The molecule has 7 aromatic rings. The van der Waals surface area contributed by atoms with Gasteiger partial charge in [-0.05, 0) is 79.4 Å². The molecule has 7 rings (SSSR count). The molecule has 0 aliphatic heterocycles. The molecular weight excluding hydrogens is 876 g/mol. The maximum absolute atomic E-state index is 12.2. The summed E-state index contributed by atoms with van der Waals surface area (Å²) in [6.07, 6.45) is 16.2. The maximum atomic E-state index is 12.2. The van der Waals surface area contributed by atoms with E-state index in [1.807, 2.05) is 117 Å². The number of benzene rings is 4. The van der Waals surface area contributed by atoms with Crippen LogP contribution in [0.2, 0.25) is 0 Å². The van der Waals surface area contributed by atoms with Gasteiger partial charge < -0.3 is 21.7 Å². The number of hydrogen-bond acceptors (Lipinski definition) is 10. The summed E-state index contributed by atoms with van der Waals surface area (Å²) in [5.41, 5.74) is 19.6. The Labute approximate surface area is 392 Å². The minimum atomic E-state index is -1.01. The van der Waals surface area contributed by atoms with E-state index in [9.17, 15) is 19.2 Å². The molecule has 0 fully saturated rings. The number of halogens is 2. The number of fused-ring (bicyclic) bond motifs is 1. The molecule has 0 amide bonds. The molecule has 3 aromatic heterocycles. The third-order valence-corrected chi connectivity index (χ3v) is 8.79. The van der Waals surface area contributed by atoms with E-state index in [0.29, 0.717) is 45.2 Å². The highest BCUT2D eigenvalue weighted by Crippen LogP contribution is 2.31. The van der Waals surface area contributed by atoms with Gasteiger partial charge in [-0.25, -0.2) is 29.5 Å². The van der Waals surface area contributed by atoms with E-state index in [1.54, 1.807) is 61.8 Å². The zero-order valence-corrected chi connectivity index (χ0v) is 37.6. The van der Waals surface area contributed by atoms with Gasteiger partial charge >= 0.3 is 11.9 Å². The van der Waals surface area contributed by atoms with Gasteiger partial charge in [-0.2, -0.15) is 0 Å². The molecule has 3 heterocycles. The number of ketones is 2. The zero-order chi connectivity index (χ0) is 48.0. The molecule has 0 saturated heterocycles. The summed E-state index contributed by atoms with van der Waals surface area (Å²) in [5.74, 6) is -2.58. The van der Waals surface area contributed by atoms with Crippen LogP contribution in [0.3, 0.4) is 0 Å². The fourth-order valence-electron chi connectivity index (χ4n) is 5.70. The number of hydrogen-bond donors (Lipinski definition) is 4. The van der Waals surface area contributed by atoms with Crippen molar-refractivity contribution in [1.29, 1.82) is 0 Å². The van der Waals surface area contributed by atoms with Gasteiger partial charge in [0.1, 0.15) is 16.2 Å². The molecule has 0 saturated carbocycles. The Morgan fingerprint density at radius 1 is 0.545 bits per heavy atom. The first-order valence-corrected chi connectivity index (χ1v) is 21.0. The van der Waals surface area contributed by atoms with Crippen LogP contribution in [0.25, 0.3) is 58.0 Å². The van der Waals surface area contributed by atoms with Crippen molar-refractivity contribution >= 4 is 93.7 Å². The molecule has 0 aliphatic rings. The van der Waals surface area contributed by atoms with Crippen molar-refractivity contribution in [2.75, 3.05) is 11.5 Å². The quantitative estimate of drug-likeness (QED) is 0.0413. The van der Waals surface area contributed by atoms with Crippen molar-refractivity contribution in [2.24, 2.45) is 0 Å². The van der Waals surface area contributed by atoms with Gasteiger partial charge in [-0.15, -0.1) is 23.2 Å². The number of nitrogens with zero attached hydrogens (tertiary/aromatic N) is 4. The first-order valence-electron chi connectivity index (χ1n) is 20.1. The van der Waals surface area contributed by atoms with Crippen molar-refractivity contribution in [3.05, 3.63) is 191 Å². The number of nitrogens with two attached hydrogens (primary N) is 2. The van der Waals surface area contributed by atoms with Crippen LogP contribution in [-0.4, -0.2) is 58.5 Å². The van der Waals surface area contributed by atoms with Crippen molar-refractivity contribution < 1.29 is 29.4 Å². The number of rotatable bonds is 11. The van der Waals surface area contributed by atoms with E-state index in [-0.39, 0.29) is 4.84 Å². The SMILES string of the molecule is C/C=C/c1ccc(C(=O)C(=O)c2ccc(/C=C/C)cc2)cc1.CC(Cl)Cl.Nc1cccnc1N.O=C(O)/C=C/c1ccc(-c2nc3cccnc3nc2-c2ccc(/C=C/C(=O)O)cc2)cc1. The van der Waals surface area contributed by atoms with Crippen LogP contribution in [0, 0.1) is 0 Å². The molecule has 0 atom stereocenters. The van der Waals surface area contributed by atoms with Crippen LogP contribution in [-0.2, 0) is 9.59 Å². The topological polar surface area (TPSA) is 212 Å². The Morgan fingerprint density at radius 3 is 1.30 bits per heavy atom. The van der Waals surface area contributed by atoms with E-state index in [0.717, 1.165) is 45.5 Å². The number of Topliss-reactive ketones (excluding diaryl/α,β-unsaturated/α-hetero) is 2. The van der Waals surface area contributed by atoms with Crippen LogP contribution in [0.15, 0.2) is 158 Å². The monoisotopic (exact) mass is 920 g/mol. The first-order chi connectivity index (χ1) is 31.7. The molecular formula is C52H46Cl2N6O6. The van der Waals surface area contributed by atoms with Crippen LogP contribution in [0.4, 0.5) is 11.5 Å². The Bertz CT molecular complexity index is 2670. The second-order valence-corrected chi connectivity index (χ2v) is 15.3. The molecule has 334 valence electrons. The molecule has 0 aliphatic carbocycles. The van der Waals surface area contributed by atoms with Gasteiger partial charge in [-0.3, -0.25) is 9.59 Å². The minimum Gasteiger partial charge on any atom is -0.478 e. The smallest absolute Gasteiger partial charge is 0.328 e. The molecule has 12 nitrogen and oxygen atoms in total. The number of carbonyl (C=O) groups is 4. The summed E-state index contributed by atoms with van der Waals surface area (Å²) >= 11 is 10.1. The average Bonchev–Trinajstić information content (AvgIpc) is 3.31. The van der Waals surface area contributed by atoms with Crippen molar-refractivity contribution in [3.8, 4) is 22.5 Å². The molecule has 0 bridgehead atoms. The van der Waals surface area contributed by atoms with Gasteiger partial charge in [0.25, 0.3) is 0 Å². The zero-order valence-electron chi connectivity index (χ0n) is 36.1. The lowest BCUT2D eigenvalue weighted by atomic mass is 9.99. The van der Waals surface area contributed by atoms with Crippen LogP contribution in [0.1, 0.15) is 63.7 Å². The molecule has 0 unspecified atom stereocenters. The summed E-state index contributed by atoms with van der Waals surface area (Å²) < 4.78 is 0. The third-order valence-electron chi connectivity index (χ3n) is 8.79. The normalized spacial score (nSPS) is 10.9. The highest BCUT2D eigenvalue weighted by molar-refractivity contribution is 6.49. The standard InChI is InChI=1S/C25H17N3O4.C20H18O2.C5H7N3.C2H4Cl2/c29-21(30)13-7-16-3-9-18(10-4-16)23-24(28-25-20(27-23)2-1-15-26-25)19-11-5-17(6-12-19)8-14-22(31)32;1-3-5-15-7-11-17(12-8-15)19(21)20(22)18-13-9-16(6-4-2)10-14-18;6-4-2-1-3-8-5(4)7;1-2(3)4/h1-15H,(H,29,30)(H,31,32);3-14H,1-2H3;1-3H,6H2,(H2,7,8);2H,1H3/b13-7+,14-8+;5-3+,6-4+;;. The lowest BCUT2D eigenvalue weighted by Crippen LogP contribution is -2.14. The fraction of sp³-hybridized carbons (Fsp3) is 0.0769. The number of aliphatic carboxylic acids is 2. The number of allylic oxidation sites excluding steroid dienone is 2. The van der Waals surface area contributed by atoms with Gasteiger partial charge in [0.15, 0.2) is 5.65 Å². The van der Waals surface area contributed by atoms with Crippen molar-refractivity contribution in [2.45, 2.75) is 25.6 Å². The number of alkyl halides is 2. The highest BCUT2D eigenvalue weighted by atomic mass is 35.5. The Hall–Kier alpha value is -8.06. The van der Waals surface area contributed by atoms with Crippen LogP contribution >= 0.6 is 23.2 Å². The largest absolute Gasteiger partial charge is 0.478 e. The number of anilines is 2. The van der Waals surface area contributed by atoms with Crippen LogP contribution < -0.4 is 11.5 Å². The predicted octanol–water partition coefficient (Wildman–Crippen LogP) is 11.4. The summed E-state index contributed by atoms with van der Waals surface area (Å²) in [6.45, 7) is 5.56. The van der Waals surface area contributed by atoms with Gasteiger partial charge in [-0.1, -0.05) is 121 Å². The summed E-state index contributed by atoms with van der Waals surface area (Å²) in [7, 11) is 0. The fourth-order valence-corrected chi connectivity index (χ4v) is 5.70. The number of carboxylic acid groups (broad SMARTS) is 2. The number of carbonyl (C=O) groups excluding carboxylic acids is 2. The lowest BCUT2D eigenvalue weighted by Gasteiger charge is -2.11. The van der Waals surface area contributed by atoms with Gasteiger partial charge in [0.2, 0.25) is 11.6 Å². The Morgan fingerprint density at radius 2 is 0.924 bits per heavy atom. The number of pyridine rings is 2. The van der Waals surface area contributed by atoms with Crippen molar-refractivity contribution in [1.82, 2.24) is 19.9 Å². The molecule has 4 aromatic carbocycles. The molecule has 6 N–H and O–H groups in total. The third kappa shape index (κ3) is 16.2. The molecule has 14 heteroatoms. The van der Waals surface area contributed by atoms with Gasteiger partial charge in [0, 0.05) is 46.8 Å². The lowest BCUT2D eigenvalue weighted by molar-refractivity contribution is -0.132. The van der Waals surface area contributed by atoms with E-state index in [2.05, 4.69) is 9.97 Å². The maximum Gasteiger partial charge on any atom is 0.328 e. The number of carboxylic acids is 2. The van der Waals surface area contributed by atoms with E-state index < -0.39 is 23.5 Å². The Kier molecular flexibility index (Phi) is 19.9. The van der Waals surface area contributed by atoms with E-state index >= 15 is 0 Å². The number of nitrogen functional groups attached to an aromatic ring is 2. The van der Waals surface area contributed by atoms with Gasteiger partial charge in [0.05, 0.1) is 17.1 Å². The molecule has 66 heavy (non-hydrogen) atoms. The minimum absolute atomic E-state index is 0.222. The second kappa shape index (κ2) is 25.9. The van der Waals surface area contributed by atoms with E-state index in [1.165, 1.54) is 12.2 Å². The summed E-state index contributed by atoms with van der Waals surface area (Å²) in [6, 6.07) is 35.8. The van der Waals surface area contributed by atoms with E-state index in [4.69, 9.17) is 54.9 Å². The number of aromatic nitrogens is 4. The molecule has 0 radical (unpaired) electrons. The predicted molar refractivity (Wildman–Crippen MR) is 267 cm³/mol. The summed E-state index contributed by atoms with van der Waals surface area (Å²) in [4.78, 5) is 63.3. The van der Waals surface area contributed by atoms with Crippen LogP contribution in [0.5, 0.6) is 0 Å². The molecule has 0 spiro atoms.